The van der Waals surface area contributed by atoms with Gasteiger partial charge in [0.25, 0.3) is 0 Å². The van der Waals surface area contributed by atoms with Gasteiger partial charge in [-0.1, -0.05) is 23.5 Å². The van der Waals surface area contributed by atoms with E-state index >= 15 is 0 Å². The minimum absolute atomic E-state index is 0.0194. The van der Waals surface area contributed by atoms with Gasteiger partial charge in [0.1, 0.15) is 5.75 Å². The van der Waals surface area contributed by atoms with Crippen LogP contribution >= 0.6 is 11.3 Å². The minimum Gasteiger partial charge on any atom is -0.491 e. The quantitative estimate of drug-likeness (QED) is 0.835. The number of nitrogens with one attached hydrogen (secondary N) is 1. The molecule has 2 aromatic rings. The average molecular weight is 348 g/mol. The summed E-state index contributed by atoms with van der Waals surface area (Å²) in [5, 5.41) is 4.78. The highest BCUT2D eigenvalue weighted by atomic mass is 32.1. The van der Waals surface area contributed by atoms with E-state index in [4.69, 9.17) is 4.74 Å². The first-order valence-corrected chi connectivity index (χ1v) is 8.95. The molecule has 1 atom stereocenters. The van der Waals surface area contributed by atoms with Crippen molar-refractivity contribution in [3.05, 3.63) is 50.6 Å². The van der Waals surface area contributed by atoms with Gasteiger partial charge in [-0.25, -0.2) is 0 Å². The number of ether oxygens (including phenoxy) is 1. The Hall–Kier alpha value is -2.08. The Balaban J connectivity index is 1.88. The first kappa shape index (κ1) is 18.3. The number of aromatic nitrogens is 1. The molecule has 0 bridgehead atoms. The molecule has 0 saturated heterocycles. The van der Waals surface area contributed by atoms with Crippen LogP contribution in [0, 0.1) is 6.92 Å². The molecule has 0 aliphatic heterocycles. The normalized spacial score (nSPS) is 12.2. The number of benzene rings is 1. The van der Waals surface area contributed by atoms with E-state index in [1.807, 2.05) is 57.3 Å². The van der Waals surface area contributed by atoms with Crippen molar-refractivity contribution in [2.45, 2.75) is 52.8 Å². The van der Waals surface area contributed by atoms with Crippen LogP contribution in [-0.2, 0) is 11.3 Å². The standard InChI is InChI=1S/C18H24N2O3S/c1-12(2)23-16-7-5-15(6-8-16)14(4)19-17(21)9-10-20-13(3)11-24-18(20)22/h5-8,11-12,14H,9-10H2,1-4H3,(H,19,21). The van der Waals surface area contributed by atoms with Gasteiger partial charge in [-0.3, -0.25) is 9.59 Å². The zero-order valence-electron chi connectivity index (χ0n) is 14.5. The molecular weight excluding hydrogens is 324 g/mol. The van der Waals surface area contributed by atoms with Gasteiger partial charge in [0.05, 0.1) is 12.1 Å². The zero-order chi connectivity index (χ0) is 17.7. The molecule has 5 nitrogen and oxygen atoms in total. The molecule has 0 aliphatic carbocycles. The van der Waals surface area contributed by atoms with Crippen molar-refractivity contribution in [3.63, 3.8) is 0 Å². The molecule has 0 radical (unpaired) electrons. The SMILES string of the molecule is Cc1csc(=O)n1CCC(=O)NC(C)c1ccc(OC(C)C)cc1. The van der Waals surface area contributed by atoms with Gasteiger partial charge in [-0.05, 0) is 45.4 Å². The number of carbonyl (C=O) groups is 1. The van der Waals surface area contributed by atoms with Crippen LogP contribution in [0.5, 0.6) is 5.75 Å². The Morgan fingerprint density at radius 3 is 2.46 bits per heavy atom. The van der Waals surface area contributed by atoms with Gasteiger partial charge in [0, 0.05) is 24.0 Å². The molecule has 1 amide bonds. The molecule has 1 heterocycles. The third kappa shape index (κ3) is 4.96. The summed E-state index contributed by atoms with van der Waals surface area (Å²) in [6.45, 7) is 8.19. The molecule has 1 N–H and O–H groups in total. The average Bonchev–Trinajstić information content (AvgIpc) is 2.84. The fourth-order valence-corrected chi connectivity index (χ4v) is 3.15. The summed E-state index contributed by atoms with van der Waals surface area (Å²) in [7, 11) is 0. The summed E-state index contributed by atoms with van der Waals surface area (Å²) in [6, 6.07) is 7.64. The van der Waals surface area contributed by atoms with E-state index in [1.165, 1.54) is 0 Å². The number of rotatable bonds is 7. The third-order valence-electron chi connectivity index (χ3n) is 3.67. The smallest absolute Gasteiger partial charge is 0.307 e. The van der Waals surface area contributed by atoms with E-state index in [0.717, 1.165) is 28.3 Å². The lowest BCUT2D eigenvalue weighted by molar-refractivity contribution is -0.121. The van der Waals surface area contributed by atoms with Crippen LogP contribution in [0.15, 0.2) is 34.4 Å². The van der Waals surface area contributed by atoms with Crippen LogP contribution in [0.4, 0.5) is 0 Å². The summed E-state index contributed by atoms with van der Waals surface area (Å²) in [5.41, 5.74) is 1.91. The number of hydrogen-bond acceptors (Lipinski definition) is 4. The topological polar surface area (TPSA) is 60.3 Å². The number of amides is 1. The number of thiazole rings is 1. The Bertz CT molecular complexity index is 731. The molecule has 0 saturated carbocycles. The number of carbonyl (C=O) groups excluding carboxylic acids is 1. The lowest BCUT2D eigenvalue weighted by Crippen LogP contribution is -2.28. The van der Waals surface area contributed by atoms with Gasteiger partial charge in [-0.2, -0.15) is 0 Å². The number of aryl methyl sites for hydroxylation is 1. The van der Waals surface area contributed by atoms with Crippen LogP contribution in [-0.4, -0.2) is 16.6 Å². The van der Waals surface area contributed by atoms with E-state index in [0.29, 0.717) is 6.54 Å². The van der Waals surface area contributed by atoms with Gasteiger partial charge < -0.3 is 14.6 Å². The van der Waals surface area contributed by atoms with E-state index in [2.05, 4.69) is 5.32 Å². The highest BCUT2D eigenvalue weighted by Crippen LogP contribution is 2.18. The summed E-state index contributed by atoms with van der Waals surface area (Å²) in [4.78, 5) is 23.7. The van der Waals surface area contributed by atoms with Crippen molar-refractivity contribution in [2.24, 2.45) is 0 Å². The van der Waals surface area contributed by atoms with Crippen LogP contribution in [0.3, 0.4) is 0 Å². The van der Waals surface area contributed by atoms with E-state index in [1.54, 1.807) is 4.57 Å². The van der Waals surface area contributed by atoms with Gasteiger partial charge in [0.2, 0.25) is 5.91 Å². The molecule has 1 unspecified atom stereocenters. The maximum absolute atomic E-state index is 12.1. The van der Waals surface area contributed by atoms with Gasteiger partial charge >= 0.3 is 4.87 Å². The maximum Gasteiger partial charge on any atom is 0.307 e. The van der Waals surface area contributed by atoms with Crippen molar-refractivity contribution >= 4 is 17.2 Å². The first-order chi connectivity index (χ1) is 11.4. The van der Waals surface area contributed by atoms with Crippen LogP contribution in [0.1, 0.15) is 44.5 Å². The second-order valence-electron chi connectivity index (χ2n) is 6.07. The van der Waals surface area contributed by atoms with Crippen molar-refractivity contribution in [1.82, 2.24) is 9.88 Å². The van der Waals surface area contributed by atoms with E-state index in [-0.39, 0.29) is 29.3 Å². The summed E-state index contributed by atoms with van der Waals surface area (Å²) in [6.07, 6.45) is 0.424. The fraction of sp³-hybridized carbons (Fsp3) is 0.444. The Labute approximate surface area is 146 Å². The highest BCUT2D eigenvalue weighted by Gasteiger charge is 2.11. The Kier molecular flexibility index (Phi) is 6.20. The second-order valence-corrected chi connectivity index (χ2v) is 6.89. The third-order valence-corrected chi connectivity index (χ3v) is 4.55. The number of hydrogen-bond donors (Lipinski definition) is 1. The van der Waals surface area contributed by atoms with Crippen LogP contribution in [0.2, 0.25) is 0 Å². The number of nitrogens with zero attached hydrogens (tertiary/aromatic N) is 1. The molecule has 24 heavy (non-hydrogen) atoms. The molecule has 1 aromatic carbocycles. The lowest BCUT2D eigenvalue weighted by Gasteiger charge is -2.16. The largest absolute Gasteiger partial charge is 0.491 e. The molecular formula is C18H24N2O3S. The van der Waals surface area contributed by atoms with Gasteiger partial charge in [0.15, 0.2) is 0 Å². The minimum atomic E-state index is -0.0918. The highest BCUT2D eigenvalue weighted by molar-refractivity contribution is 7.07. The zero-order valence-corrected chi connectivity index (χ0v) is 15.4. The predicted octanol–water partition coefficient (Wildman–Crippen LogP) is 3.27. The van der Waals surface area contributed by atoms with Crippen molar-refractivity contribution in [2.75, 3.05) is 0 Å². The Morgan fingerprint density at radius 1 is 1.25 bits per heavy atom. The molecule has 0 aliphatic rings. The van der Waals surface area contributed by atoms with E-state index < -0.39 is 0 Å². The summed E-state index contributed by atoms with van der Waals surface area (Å²) in [5.74, 6) is 0.752. The summed E-state index contributed by atoms with van der Waals surface area (Å²) >= 11 is 1.16. The fourth-order valence-electron chi connectivity index (χ4n) is 2.39. The molecule has 1 aromatic heterocycles. The van der Waals surface area contributed by atoms with Crippen LogP contribution < -0.4 is 14.9 Å². The van der Waals surface area contributed by atoms with Crippen molar-refractivity contribution in [3.8, 4) is 5.75 Å². The monoisotopic (exact) mass is 348 g/mol. The van der Waals surface area contributed by atoms with Crippen molar-refractivity contribution in [1.29, 1.82) is 0 Å². The predicted molar refractivity (Wildman–Crippen MR) is 96.7 cm³/mol. The van der Waals surface area contributed by atoms with Crippen LogP contribution in [0.25, 0.3) is 0 Å². The van der Waals surface area contributed by atoms with E-state index in [9.17, 15) is 9.59 Å². The van der Waals surface area contributed by atoms with Crippen molar-refractivity contribution < 1.29 is 9.53 Å². The molecule has 2 rings (SSSR count). The second kappa shape index (κ2) is 8.15. The maximum atomic E-state index is 12.1. The molecule has 0 spiro atoms. The van der Waals surface area contributed by atoms with Gasteiger partial charge in [-0.15, -0.1) is 0 Å². The summed E-state index contributed by atoms with van der Waals surface area (Å²) < 4.78 is 7.25. The lowest BCUT2D eigenvalue weighted by atomic mass is 10.1. The molecule has 6 heteroatoms. The first-order valence-electron chi connectivity index (χ1n) is 8.07. The molecule has 130 valence electrons. The molecule has 0 fully saturated rings. The Morgan fingerprint density at radius 2 is 1.92 bits per heavy atom.